The fourth-order valence-corrected chi connectivity index (χ4v) is 5.48. The van der Waals surface area contributed by atoms with Gasteiger partial charge in [0.05, 0.1) is 12.8 Å². The predicted molar refractivity (Wildman–Crippen MR) is 142 cm³/mol. The number of para-hydroxylation sites is 1. The number of methoxy groups -OCH3 is 1. The number of benzene rings is 2. The molecule has 0 aliphatic carbocycles. The van der Waals surface area contributed by atoms with Crippen LogP contribution in [0.25, 0.3) is 0 Å². The molecular weight excluding hydrogens is 478 g/mol. The first-order chi connectivity index (χ1) is 17.5. The third kappa shape index (κ3) is 6.44. The quantitative estimate of drug-likeness (QED) is 0.516. The van der Waals surface area contributed by atoms with E-state index in [9.17, 15) is 9.59 Å². The molecule has 2 aliphatic heterocycles. The Kier molecular flexibility index (Phi) is 8.97. The second-order valence-corrected chi connectivity index (χ2v) is 10.0. The maximum atomic E-state index is 13.1. The van der Waals surface area contributed by atoms with Crippen molar-refractivity contribution >= 4 is 29.2 Å². The average Bonchev–Trinajstić information content (AvgIpc) is 2.92. The van der Waals surface area contributed by atoms with Crippen molar-refractivity contribution in [3.63, 3.8) is 0 Å². The Labute approximate surface area is 218 Å². The van der Waals surface area contributed by atoms with E-state index in [1.54, 1.807) is 25.3 Å². The van der Waals surface area contributed by atoms with Crippen molar-refractivity contribution in [3.05, 3.63) is 53.6 Å². The SMILES string of the molecule is CCC(Oc1ccccc1)C(=O)N1CCC(C2CCN(C(=O)Nc3cc(Cl)ccc3OC)CC2)CC1. The number of piperidine rings is 2. The molecule has 1 unspecified atom stereocenters. The van der Waals surface area contributed by atoms with Crippen molar-refractivity contribution in [2.45, 2.75) is 45.1 Å². The van der Waals surface area contributed by atoms with Gasteiger partial charge in [0.1, 0.15) is 11.5 Å². The fraction of sp³-hybridized carbons (Fsp3) is 0.500. The number of nitrogens with one attached hydrogen (secondary N) is 1. The zero-order chi connectivity index (χ0) is 25.5. The highest BCUT2D eigenvalue weighted by atomic mass is 35.5. The van der Waals surface area contributed by atoms with Gasteiger partial charge in [-0.1, -0.05) is 36.7 Å². The molecule has 0 aromatic heterocycles. The van der Waals surface area contributed by atoms with Crippen molar-refractivity contribution in [2.75, 3.05) is 38.6 Å². The van der Waals surface area contributed by atoms with Crippen LogP contribution in [0.1, 0.15) is 39.0 Å². The summed E-state index contributed by atoms with van der Waals surface area (Å²) in [6.07, 6.45) is 4.17. The Hall–Kier alpha value is -2.93. The van der Waals surface area contributed by atoms with Crippen LogP contribution < -0.4 is 14.8 Å². The first-order valence-electron chi connectivity index (χ1n) is 12.9. The minimum absolute atomic E-state index is 0.0859. The number of hydrogen-bond acceptors (Lipinski definition) is 4. The number of ether oxygens (including phenoxy) is 2. The number of rotatable bonds is 7. The van der Waals surface area contributed by atoms with Gasteiger partial charge in [-0.25, -0.2) is 4.79 Å². The lowest BCUT2D eigenvalue weighted by Gasteiger charge is -2.40. The molecule has 0 bridgehead atoms. The molecular formula is C28H36ClN3O4. The van der Waals surface area contributed by atoms with Gasteiger partial charge in [0.15, 0.2) is 6.10 Å². The standard InChI is InChI=1S/C28H36ClN3O4/c1-3-25(36-23-7-5-4-6-8-23)27(33)31-15-11-20(12-16-31)21-13-17-32(18-14-21)28(34)30-24-19-22(29)9-10-26(24)35-2/h4-10,19-21,25H,3,11-18H2,1-2H3,(H,30,34). The monoisotopic (exact) mass is 513 g/mol. The first-order valence-corrected chi connectivity index (χ1v) is 13.3. The van der Waals surface area contributed by atoms with Gasteiger partial charge in [-0.2, -0.15) is 0 Å². The maximum Gasteiger partial charge on any atom is 0.321 e. The van der Waals surface area contributed by atoms with E-state index in [1.165, 1.54) is 0 Å². The summed E-state index contributed by atoms with van der Waals surface area (Å²) in [7, 11) is 1.57. The zero-order valence-corrected chi connectivity index (χ0v) is 21.9. The highest BCUT2D eigenvalue weighted by Crippen LogP contribution is 2.34. The molecule has 2 aromatic rings. The molecule has 2 heterocycles. The van der Waals surface area contributed by atoms with Gasteiger partial charge in [-0.15, -0.1) is 0 Å². The molecule has 0 radical (unpaired) electrons. The molecule has 2 fully saturated rings. The molecule has 2 aliphatic rings. The first kappa shape index (κ1) is 26.1. The number of carbonyl (C=O) groups excluding carboxylic acids is 2. The molecule has 36 heavy (non-hydrogen) atoms. The van der Waals surface area contributed by atoms with E-state index in [0.717, 1.165) is 57.6 Å². The molecule has 0 saturated carbocycles. The zero-order valence-electron chi connectivity index (χ0n) is 21.1. The Morgan fingerprint density at radius 3 is 2.17 bits per heavy atom. The number of urea groups is 1. The largest absolute Gasteiger partial charge is 0.495 e. The highest BCUT2D eigenvalue weighted by Gasteiger charge is 2.34. The Balaban J connectivity index is 1.23. The van der Waals surface area contributed by atoms with Gasteiger partial charge in [0.2, 0.25) is 0 Å². The highest BCUT2D eigenvalue weighted by molar-refractivity contribution is 6.31. The van der Waals surface area contributed by atoms with Gasteiger partial charge < -0.3 is 24.6 Å². The number of halogens is 1. The Morgan fingerprint density at radius 1 is 0.972 bits per heavy atom. The minimum Gasteiger partial charge on any atom is -0.495 e. The number of likely N-dealkylation sites (tertiary alicyclic amines) is 2. The van der Waals surface area contributed by atoms with E-state index < -0.39 is 6.10 Å². The van der Waals surface area contributed by atoms with Gasteiger partial charge >= 0.3 is 6.03 Å². The Morgan fingerprint density at radius 2 is 1.58 bits per heavy atom. The van der Waals surface area contributed by atoms with Crippen molar-refractivity contribution in [3.8, 4) is 11.5 Å². The summed E-state index contributed by atoms with van der Waals surface area (Å²) in [5.74, 6) is 2.57. The van der Waals surface area contributed by atoms with Crippen molar-refractivity contribution < 1.29 is 19.1 Å². The molecule has 8 heteroatoms. The topological polar surface area (TPSA) is 71.1 Å². The summed E-state index contributed by atoms with van der Waals surface area (Å²) in [5.41, 5.74) is 0.579. The van der Waals surface area contributed by atoms with Gasteiger partial charge in [0, 0.05) is 31.2 Å². The normalized spacial score (nSPS) is 18.0. The molecule has 194 valence electrons. The smallest absolute Gasteiger partial charge is 0.321 e. The molecule has 1 N–H and O–H groups in total. The number of nitrogens with zero attached hydrogens (tertiary/aromatic N) is 2. The molecule has 4 rings (SSSR count). The second kappa shape index (κ2) is 12.3. The summed E-state index contributed by atoms with van der Waals surface area (Å²) in [4.78, 5) is 29.7. The number of carbonyl (C=O) groups is 2. The molecule has 3 amide bonds. The van der Waals surface area contributed by atoms with Crippen LogP contribution in [0.2, 0.25) is 5.02 Å². The van der Waals surface area contributed by atoms with Crippen molar-refractivity contribution in [1.82, 2.24) is 9.80 Å². The van der Waals surface area contributed by atoms with Crippen LogP contribution in [0.5, 0.6) is 11.5 Å². The fourth-order valence-electron chi connectivity index (χ4n) is 5.31. The number of amides is 3. The number of anilines is 1. The Bertz CT molecular complexity index is 1020. The molecule has 1 atom stereocenters. The van der Waals surface area contributed by atoms with Crippen LogP contribution in [0.3, 0.4) is 0 Å². The molecule has 2 saturated heterocycles. The van der Waals surface area contributed by atoms with Crippen LogP contribution in [0.15, 0.2) is 48.5 Å². The molecule has 7 nitrogen and oxygen atoms in total. The lowest BCUT2D eigenvalue weighted by Crippen LogP contribution is -2.48. The van der Waals surface area contributed by atoms with E-state index in [1.807, 2.05) is 47.1 Å². The third-order valence-corrected chi connectivity index (χ3v) is 7.65. The molecule has 2 aromatic carbocycles. The minimum atomic E-state index is -0.441. The van der Waals surface area contributed by atoms with Crippen LogP contribution in [0.4, 0.5) is 10.5 Å². The van der Waals surface area contributed by atoms with Crippen LogP contribution >= 0.6 is 11.6 Å². The van der Waals surface area contributed by atoms with E-state index in [2.05, 4.69) is 5.32 Å². The average molecular weight is 514 g/mol. The van der Waals surface area contributed by atoms with Gasteiger partial charge in [-0.05, 0) is 74.3 Å². The third-order valence-electron chi connectivity index (χ3n) is 7.42. The van der Waals surface area contributed by atoms with E-state index >= 15 is 0 Å². The van der Waals surface area contributed by atoms with Gasteiger partial charge in [0.25, 0.3) is 5.91 Å². The van der Waals surface area contributed by atoms with E-state index in [0.29, 0.717) is 34.7 Å². The predicted octanol–water partition coefficient (Wildman–Crippen LogP) is 5.69. The molecule has 0 spiro atoms. The maximum absolute atomic E-state index is 13.1. The summed E-state index contributed by atoms with van der Waals surface area (Å²) in [6, 6.07) is 14.6. The van der Waals surface area contributed by atoms with Gasteiger partial charge in [-0.3, -0.25) is 4.79 Å². The van der Waals surface area contributed by atoms with E-state index in [-0.39, 0.29) is 11.9 Å². The van der Waals surface area contributed by atoms with Crippen molar-refractivity contribution in [2.24, 2.45) is 11.8 Å². The summed E-state index contributed by atoms with van der Waals surface area (Å²) in [6.45, 7) is 4.98. The van der Waals surface area contributed by atoms with E-state index in [4.69, 9.17) is 21.1 Å². The van der Waals surface area contributed by atoms with Crippen molar-refractivity contribution in [1.29, 1.82) is 0 Å². The lowest BCUT2D eigenvalue weighted by atomic mass is 9.79. The lowest BCUT2D eigenvalue weighted by molar-refractivity contribution is -0.140. The van der Waals surface area contributed by atoms with Crippen LogP contribution in [0, 0.1) is 11.8 Å². The number of hydrogen-bond donors (Lipinski definition) is 1. The van der Waals surface area contributed by atoms with Crippen LogP contribution in [-0.4, -0.2) is 61.1 Å². The summed E-state index contributed by atoms with van der Waals surface area (Å²) in [5, 5.41) is 3.49. The second-order valence-electron chi connectivity index (χ2n) is 9.59. The summed E-state index contributed by atoms with van der Waals surface area (Å²) >= 11 is 6.09. The summed E-state index contributed by atoms with van der Waals surface area (Å²) < 4.78 is 11.3. The van der Waals surface area contributed by atoms with Crippen LogP contribution in [-0.2, 0) is 4.79 Å².